The number of ether oxygens (including phenoxy) is 2. The number of fused-ring (bicyclic) bond motifs is 5. The second-order valence-electron chi connectivity index (χ2n) is 11.1. The molecule has 0 amide bonds. The topological polar surface area (TPSA) is 72.9 Å². The molecule has 0 unspecified atom stereocenters. The van der Waals surface area contributed by atoms with Crippen LogP contribution in [0.25, 0.3) is 6.08 Å². The second-order valence-corrected chi connectivity index (χ2v) is 11.1. The number of carbonyl (C=O) groups is 3. The third-order valence-electron chi connectivity index (χ3n) is 9.04. The van der Waals surface area contributed by atoms with Crippen molar-refractivity contribution in [1.29, 1.82) is 0 Å². The van der Waals surface area contributed by atoms with Crippen molar-refractivity contribution in [2.75, 3.05) is 19.1 Å². The fourth-order valence-corrected chi connectivity index (χ4v) is 7.25. The Labute approximate surface area is 244 Å². The third-order valence-corrected chi connectivity index (χ3v) is 9.04. The lowest BCUT2D eigenvalue weighted by atomic mass is 9.64. The van der Waals surface area contributed by atoms with Gasteiger partial charge in [0.1, 0.15) is 23.0 Å². The predicted molar refractivity (Wildman–Crippen MR) is 161 cm³/mol. The highest BCUT2D eigenvalue weighted by molar-refractivity contribution is 6.32. The zero-order valence-corrected chi connectivity index (χ0v) is 23.5. The van der Waals surface area contributed by atoms with E-state index in [1.54, 1.807) is 62.8 Å². The molecule has 1 saturated heterocycles. The van der Waals surface area contributed by atoms with E-state index in [9.17, 15) is 14.4 Å². The van der Waals surface area contributed by atoms with Gasteiger partial charge in [-0.3, -0.25) is 14.4 Å². The smallest absolute Gasteiger partial charge is 0.186 e. The predicted octanol–water partition coefficient (Wildman–Crippen LogP) is 6.33. The van der Waals surface area contributed by atoms with Crippen LogP contribution in [0.1, 0.15) is 53.7 Å². The third kappa shape index (κ3) is 3.48. The number of anilines is 1. The maximum Gasteiger partial charge on any atom is 0.186 e. The summed E-state index contributed by atoms with van der Waals surface area (Å²) in [6.07, 6.45) is 3.92. The van der Waals surface area contributed by atoms with Gasteiger partial charge in [0.2, 0.25) is 0 Å². The fourth-order valence-electron chi connectivity index (χ4n) is 7.25. The molecule has 2 aliphatic heterocycles. The number of hydrogen-bond acceptors (Lipinski definition) is 6. The molecule has 0 radical (unpaired) electrons. The first-order valence-corrected chi connectivity index (χ1v) is 14.0. The first kappa shape index (κ1) is 26.0. The summed E-state index contributed by atoms with van der Waals surface area (Å²) < 4.78 is 11.0. The molecular weight excluding hydrogens is 526 g/mol. The highest BCUT2D eigenvalue weighted by atomic mass is 16.5. The molecule has 1 fully saturated rings. The molecule has 3 atom stereocenters. The highest BCUT2D eigenvalue weighted by Crippen LogP contribution is 2.61. The number of methoxy groups -OCH3 is 2. The van der Waals surface area contributed by atoms with Crippen LogP contribution in [0, 0.1) is 12.3 Å². The molecule has 0 bridgehead atoms. The monoisotopic (exact) mass is 555 g/mol. The van der Waals surface area contributed by atoms with Gasteiger partial charge in [-0.05, 0) is 54.4 Å². The minimum Gasteiger partial charge on any atom is -0.497 e. The Morgan fingerprint density at radius 2 is 1.45 bits per heavy atom. The summed E-state index contributed by atoms with van der Waals surface area (Å²) in [4.78, 5) is 46.4. The van der Waals surface area contributed by atoms with Gasteiger partial charge in [0.15, 0.2) is 17.3 Å². The molecule has 6 heteroatoms. The van der Waals surface area contributed by atoms with Crippen molar-refractivity contribution < 1.29 is 23.9 Å². The van der Waals surface area contributed by atoms with E-state index in [1.807, 2.05) is 60.4 Å². The standard InChI is InChI=1S/C36H29NO5/c1-21-14-16-29-22(18-21)15-17-30-36(34(39)27-12-4-5-13-28(27)35(36)40)31(23-8-6-10-25(19-23)41-2)32(37(29)30)33(38)24-9-7-11-26(20-24)42-3/h4-20,30-32H,1-3H3/t30-,31+,32-/m0/s1. The first-order valence-electron chi connectivity index (χ1n) is 14.0. The molecule has 208 valence electrons. The molecule has 4 aromatic rings. The molecule has 6 nitrogen and oxygen atoms in total. The summed E-state index contributed by atoms with van der Waals surface area (Å²) in [5.74, 6) is -0.373. The quantitative estimate of drug-likeness (QED) is 0.212. The van der Waals surface area contributed by atoms with E-state index in [0.29, 0.717) is 33.8 Å². The van der Waals surface area contributed by atoms with E-state index < -0.39 is 23.4 Å². The normalized spacial score (nSPS) is 21.2. The van der Waals surface area contributed by atoms with Crippen molar-refractivity contribution >= 4 is 29.1 Å². The van der Waals surface area contributed by atoms with Crippen molar-refractivity contribution in [2.45, 2.75) is 24.9 Å². The van der Waals surface area contributed by atoms with Gasteiger partial charge in [0.25, 0.3) is 0 Å². The highest BCUT2D eigenvalue weighted by Gasteiger charge is 2.71. The van der Waals surface area contributed by atoms with E-state index in [0.717, 1.165) is 16.8 Å². The molecule has 4 aromatic carbocycles. The zero-order chi connectivity index (χ0) is 29.2. The van der Waals surface area contributed by atoms with Crippen LogP contribution in [-0.2, 0) is 0 Å². The van der Waals surface area contributed by atoms with E-state index in [1.165, 1.54) is 0 Å². The number of benzene rings is 4. The number of Topliss-reactive ketones (excluding diaryl/α,β-unsaturated/α-hetero) is 3. The Morgan fingerprint density at radius 1 is 0.786 bits per heavy atom. The van der Waals surface area contributed by atoms with Gasteiger partial charge in [-0.2, -0.15) is 0 Å². The van der Waals surface area contributed by atoms with Crippen LogP contribution in [0.5, 0.6) is 11.5 Å². The zero-order valence-electron chi connectivity index (χ0n) is 23.5. The molecule has 1 aliphatic carbocycles. The second kappa shape index (κ2) is 9.55. The number of nitrogens with zero attached hydrogens (tertiary/aromatic N) is 1. The average molecular weight is 556 g/mol. The van der Waals surface area contributed by atoms with Crippen molar-refractivity contribution in [3.05, 3.63) is 130 Å². The van der Waals surface area contributed by atoms with E-state index in [4.69, 9.17) is 9.47 Å². The molecule has 42 heavy (non-hydrogen) atoms. The Morgan fingerprint density at radius 3 is 2.14 bits per heavy atom. The van der Waals surface area contributed by atoms with Crippen LogP contribution >= 0.6 is 0 Å². The van der Waals surface area contributed by atoms with Crippen LogP contribution in [0.4, 0.5) is 5.69 Å². The van der Waals surface area contributed by atoms with Crippen molar-refractivity contribution in [3.8, 4) is 11.5 Å². The lowest BCUT2D eigenvalue weighted by Gasteiger charge is -2.37. The largest absolute Gasteiger partial charge is 0.497 e. The van der Waals surface area contributed by atoms with Crippen LogP contribution < -0.4 is 14.4 Å². The minimum absolute atomic E-state index is 0.193. The van der Waals surface area contributed by atoms with Gasteiger partial charge in [-0.1, -0.05) is 72.3 Å². The molecule has 0 saturated carbocycles. The van der Waals surface area contributed by atoms with Crippen molar-refractivity contribution in [1.82, 2.24) is 0 Å². The number of ketones is 3. The van der Waals surface area contributed by atoms with E-state index >= 15 is 0 Å². The van der Waals surface area contributed by atoms with Crippen LogP contribution in [0.3, 0.4) is 0 Å². The SMILES string of the molecule is COc1cccc(C(=O)[C@@H]2[C@@H](c3cccc(OC)c3)C3(C(=O)c4ccccc4C3=O)[C@@H]3C=Cc4cc(C)ccc4N23)c1. The molecule has 7 rings (SSSR count). The van der Waals surface area contributed by atoms with Gasteiger partial charge in [-0.15, -0.1) is 0 Å². The summed E-state index contributed by atoms with van der Waals surface area (Å²) in [7, 11) is 3.14. The van der Waals surface area contributed by atoms with Crippen molar-refractivity contribution in [3.63, 3.8) is 0 Å². The Balaban J connectivity index is 1.55. The molecule has 2 heterocycles. The number of rotatable bonds is 5. The maximum atomic E-state index is 14.8. The summed E-state index contributed by atoms with van der Waals surface area (Å²) in [6, 6.07) is 26.0. The molecule has 3 aliphatic rings. The number of aryl methyl sites for hydroxylation is 1. The first-order chi connectivity index (χ1) is 20.4. The van der Waals surface area contributed by atoms with Gasteiger partial charge in [-0.25, -0.2) is 0 Å². The van der Waals surface area contributed by atoms with Crippen LogP contribution in [0.15, 0.2) is 97.1 Å². The number of hydrogen-bond donors (Lipinski definition) is 0. The summed E-state index contributed by atoms with van der Waals surface area (Å²) in [5, 5.41) is 0. The maximum absolute atomic E-state index is 14.8. The molecule has 0 N–H and O–H groups in total. The average Bonchev–Trinajstić information content (AvgIpc) is 3.46. The van der Waals surface area contributed by atoms with Gasteiger partial charge in [0.05, 0.1) is 20.3 Å². The van der Waals surface area contributed by atoms with Gasteiger partial charge < -0.3 is 14.4 Å². The van der Waals surface area contributed by atoms with Crippen molar-refractivity contribution in [2.24, 2.45) is 5.41 Å². The van der Waals surface area contributed by atoms with Gasteiger partial charge >= 0.3 is 0 Å². The summed E-state index contributed by atoms with van der Waals surface area (Å²) >= 11 is 0. The van der Waals surface area contributed by atoms with Crippen LogP contribution in [-0.4, -0.2) is 43.7 Å². The van der Waals surface area contributed by atoms with E-state index in [-0.39, 0.29) is 17.3 Å². The fraction of sp³-hybridized carbons (Fsp3) is 0.194. The number of carbonyl (C=O) groups excluding carboxylic acids is 3. The Kier molecular flexibility index (Phi) is 5.91. The Bertz CT molecular complexity index is 1790. The lowest BCUT2D eigenvalue weighted by Crippen LogP contribution is -2.48. The summed E-state index contributed by atoms with van der Waals surface area (Å²) in [6.45, 7) is 2.02. The molecule has 1 spiro atoms. The lowest BCUT2D eigenvalue weighted by molar-refractivity contribution is 0.0665. The Hall–Kier alpha value is -4.97. The minimum atomic E-state index is -1.56. The molecule has 0 aromatic heterocycles. The van der Waals surface area contributed by atoms with E-state index in [2.05, 4.69) is 6.07 Å². The molecular formula is C36H29NO5. The van der Waals surface area contributed by atoms with Crippen LogP contribution in [0.2, 0.25) is 0 Å². The summed E-state index contributed by atoms with van der Waals surface area (Å²) in [5.41, 5.74) is 3.20. The van der Waals surface area contributed by atoms with Gasteiger partial charge in [0, 0.05) is 28.3 Å².